The number of hydrogen-bond donors (Lipinski definition) is 3. The van der Waals surface area contributed by atoms with Gasteiger partial charge in [0.05, 0.1) is 0 Å². The van der Waals surface area contributed by atoms with E-state index in [0.717, 1.165) is 0 Å². The molecule has 1 unspecified atom stereocenters. The largest absolute Gasteiger partial charge is 0.480 e. The number of hydrogen-bond acceptors (Lipinski definition) is 3. The van der Waals surface area contributed by atoms with Crippen LogP contribution in [0.2, 0.25) is 0 Å². The number of halogens is 2. The van der Waals surface area contributed by atoms with Gasteiger partial charge in [-0.15, -0.1) is 24.8 Å². The number of amides is 1. The number of carboxylic acids is 1. The minimum atomic E-state index is -1.06. The standard InChI is InChI=1S/C5H9NO3S.2ClH/c1-3(7)6-4(2-10)5(8)9;;/h4,10H,2H2,1H3,(H,6,7)(H,8,9);2*1H. The minimum Gasteiger partial charge on any atom is -0.480 e. The Labute approximate surface area is 88.3 Å². The number of thiol groups is 1. The van der Waals surface area contributed by atoms with Gasteiger partial charge in [-0.3, -0.25) is 4.79 Å². The van der Waals surface area contributed by atoms with Crippen LogP contribution in [0.1, 0.15) is 6.92 Å². The second-order valence-electron chi connectivity index (χ2n) is 1.77. The molecule has 2 N–H and O–H groups in total. The Bertz CT molecular complexity index is 156. The molecule has 1 atom stereocenters. The first-order valence-corrected chi connectivity index (χ1v) is 3.32. The van der Waals surface area contributed by atoms with Gasteiger partial charge in [-0.25, -0.2) is 4.79 Å². The molecule has 0 radical (unpaired) electrons. The molecule has 0 aromatic carbocycles. The lowest BCUT2D eigenvalue weighted by atomic mass is 10.3. The van der Waals surface area contributed by atoms with E-state index < -0.39 is 12.0 Å². The second-order valence-corrected chi connectivity index (χ2v) is 2.14. The van der Waals surface area contributed by atoms with Gasteiger partial charge >= 0.3 is 5.97 Å². The second kappa shape index (κ2) is 8.96. The van der Waals surface area contributed by atoms with Gasteiger partial charge in [-0.2, -0.15) is 12.6 Å². The van der Waals surface area contributed by atoms with E-state index in [2.05, 4.69) is 17.9 Å². The Morgan fingerprint density at radius 3 is 2.00 bits per heavy atom. The summed E-state index contributed by atoms with van der Waals surface area (Å²) in [6.07, 6.45) is 0. The zero-order chi connectivity index (χ0) is 8.15. The molecule has 0 rings (SSSR count). The molecule has 0 saturated heterocycles. The Balaban J connectivity index is -0.000000405. The van der Waals surface area contributed by atoms with Gasteiger partial charge in [0.15, 0.2) is 0 Å². The van der Waals surface area contributed by atoms with Gasteiger partial charge in [0.25, 0.3) is 0 Å². The summed E-state index contributed by atoms with van der Waals surface area (Å²) >= 11 is 3.73. The van der Waals surface area contributed by atoms with Crippen LogP contribution < -0.4 is 5.32 Å². The van der Waals surface area contributed by atoms with E-state index in [9.17, 15) is 9.59 Å². The molecule has 4 nitrogen and oxygen atoms in total. The first-order chi connectivity index (χ1) is 4.57. The van der Waals surface area contributed by atoms with Crippen molar-refractivity contribution in [1.82, 2.24) is 5.32 Å². The fourth-order valence-corrected chi connectivity index (χ4v) is 0.678. The van der Waals surface area contributed by atoms with Crippen molar-refractivity contribution in [3.63, 3.8) is 0 Å². The maximum absolute atomic E-state index is 10.3. The summed E-state index contributed by atoms with van der Waals surface area (Å²) in [6.45, 7) is 1.26. The normalized spacial score (nSPS) is 10.2. The minimum absolute atomic E-state index is 0. The van der Waals surface area contributed by atoms with Crippen molar-refractivity contribution in [2.75, 3.05) is 5.75 Å². The number of carbonyl (C=O) groups is 2. The van der Waals surface area contributed by atoms with Crippen molar-refractivity contribution in [3.05, 3.63) is 0 Å². The van der Waals surface area contributed by atoms with Crippen LogP contribution in [0, 0.1) is 0 Å². The zero-order valence-corrected chi connectivity index (χ0v) is 8.84. The summed E-state index contributed by atoms with van der Waals surface area (Å²) in [7, 11) is 0. The SMILES string of the molecule is CC(=O)NC(CS)C(=O)O.Cl.Cl. The smallest absolute Gasteiger partial charge is 0.327 e. The van der Waals surface area contributed by atoms with Gasteiger partial charge in [-0.05, 0) is 0 Å². The Kier molecular flexibility index (Phi) is 13.3. The topological polar surface area (TPSA) is 66.4 Å². The van der Waals surface area contributed by atoms with Crippen molar-refractivity contribution in [2.45, 2.75) is 13.0 Å². The monoisotopic (exact) mass is 235 g/mol. The van der Waals surface area contributed by atoms with Crippen molar-refractivity contribution >= 4 is 49.3 Å². The van der Waals surface area contributed by atoms with Crippen molar-refractivity contribution < 1.29 is 14.7 Å². The van der Waals surface area contributed by atoms with Crippen LogP contribution in [-0.4, -0.2) is 28.8 Å². The number of carboxylic acid groups (broad SMARTS) is 1. The van der Waals surface area contributed by atoms with Crippen LogP contribution in [0.15, 0.2) is 0 Å². The third-order valence-corrected chi connectivity index (χ3v) is 1.22. The van der Waals surface area contributed by atoms with Crippen LogP contribution in [0.4, 0.5) is 0 Å². The highest BCUT2D eigenvalue weighted by molar-refractivity contribution is 7.80. The molecule has 0 aliphatic carbocycles. The molecule has 0 aromatic heterocycles. The Morgan fingerprint density at radius 2 is 1.92 bits per heavy atom. The third-order valence-electron chi connectivity index (χ3n) is 0.858. The van der Waals surface area contributed by atoms with Crippen LogP contribution in [0.5, 0.6) is 0 Å². The summed E-state index contributed by atoms with van der Waals surface area (Å²) < 4.78 is 0. The first-order valence-electron chi connectivity index (χ1n) is 2.68. The molecule has 74 valence electrons. The molecule has 12 heavy (non-hydrogen) atoms. The van der Waals surface area contributed by atoms with E-state index in [1.807, 2.05) is 0 Å². The summed E-state index contributed by atoms with van der Waals surface area (Å²) in [5.41, 5.74) is 0. The molecule has 0 aromatic rings. The Hall–Kier alpha value is -0.130. The summed E-state index contributed by atoms with van der Waals surface area (Å²) in [4.78, 5) is 20.5. The lowest BCUT2D eigenvalue weighted by Gasteiger charge is -2.08. The number of rotatable bonds is 3. The molecule has 0 aliphatic heterocycles. The van der Waals surface area contributed by atoms with Crippen LogP contribution in [0.3, 0.4) is 0 Å². The molecule has 0 spiro atoms. The third kappa shape index (κ3) is 7.97. The maximum atomic E-state index is 10.3. The van der Waals surface area contributed by atoms with E-state index in [4.69, 9.17) is 5.11 Å². The summed E-state index contributed by atoms with van der Waals surface area (Å²) in [5, 5.41) is 10.6. The van der Waals surface area contributed by atoms with Crippen molar-refractivity contribution in [2.24, 2.45) is 0 Å². The van der Waals surface area contributed by atoms with Gasteiger partial charge in [-0.1, -0.05) is 0 Å². The van der Waals surface area contributed by atoms with Gasteiger partial charge in [0, 0.05) is 12.7 Å². The average molecular weight is 236 g/mol. The van der Waals surface area contributed by atoms with E-state index in [1.165, 1.54) is 6.92 Å². The van der Waals surface area contributed by atoms with E-state index >= 15 is 0 Å². The van der Waals surface area contributed by atoms with Crippen LogP contribution in [-0.2, 0) is 9.59 Å². The molecule has 0 fully saturated rings. The summed E-state index contributed by atoms with van der Waals surface area (Å²) in [5.74, 6) is -1.32. The predicted octanol–water partition coefficient (Wildman–Crippen LogP) is 0.349. The molecular weight excluding hydrogens is 225 g/mol. The number of nitrogens with one attached hydrogen (secondary N) is 1. The van der Waals surface area contributed by atoms with E-state index in [0.29, 0.717) is 0 Å². The molecule has 0 aliphatic rings. The number of aliphatic carboxylic acids is 1. The summed E-state index contributed by atoms with van der Waals surface area (Å²) in [6, 6.07) is -0.874. The van der Waals surface area contributed by atoms with Gasteiger partial charge in [0.2, 0.25) is 5.91 Å². The lowest BCUT2D eigenvalue weighted by Crippen LogP contribution is -2.40. The molecule has 7 heteroatoms. The lowest BCUT2D eigenvalue weighted by molar-refractivity contribution is -0.140. The van der Waals surface area contributed by atoms with Crippen molar-refractivity contribution in [1.29, 1.82) is 0 Å². The van der Waals surface area contributed by atoms with Gasteiger partial charge < -0.3 is 10.4 Å². The molecule has 0 heterocycles. The fraction of sp³-hybridized carbons (Fsp3) is 0.600. The molecule has 1 amide bonds. The first kappa shape index (κ1) is 17.8. The molecule has 0 bridgehead atoms. The van der Waals surface area contributed by atoms with Crippen LogP contribution >= 0.6 is 37.4 Å². The average Bonchev–Trinajstić information content (AvgIpc) is 1.81. The highest BCUT2D eigenvalue weighted by Crippen LogP contribution is 1.86. The van der Waals surface area contributed by atoms with Crippen molar-refractivity contribution in [3.8, 4) is 0 Å². The Morgan fingerprint density at radius 1 is 1.50 bits per heavy atom. The molecule has 0 saturated carbocycles. The quantitative estimate of drug-likeness (QED) is 0.619. The van der Waals surface area contributed by atoms with E-state index in [-0.39, 0.29) is 36.5 Å². The predicted molar refractivity (Wildman–Crippen MR) is 53.6 cm³/mol. The highest BCUT2D eigenvalue weighted by atomic mass is 35.5. The zero-order valence-electron chi connectivity index (χ0n) is 6.31. The van der Waals surface area contributed by atoms with Gasteiger partial charge in [0.1, 0.15) is 6.04 Å². The number of carbonyl (C=O) groups excluding carboxylic acids is 1. The fourth-order valence-electron chi connectivity index (χ4n) is 0.431. The maximum Gasteiger partial charge on any atom is 0.327 e. The highest BCUT2D eigenvalue weighted by Gasteiger charge is 2.14. The molecular formula is C5H11Cl2NO3S. The van der Waals surface area contributed by atoms with E-state index in [1.54, 1.807) is 0 Å². The van der Waals surface area contributed by atoms with Crippen LogP contribution in [0.25, 0.3) is 0 Å².